The van der Waals surface area contributed by atoms with Crippen molar-refractivity contribution < 1.29 is 33.7 Å². The lowest BCUT2D eigenvalue weighted by molar-refractivity contribution is -0.138. The van der Waals surface area contributed by atoms with Gasteiger partial charge in [0.2, 0.25) is 5.76 Å². The molecule has 0 bridgehead atoms. The van der Waals surface area contributed by atoms with E-state index in [0.717, 1.165) is 6.08 Å². The monoisotopic (exact) mass is 304 g/mol. The molecule has 0 amide bonds. The van der Waals surface area contributed by atoms with Crippen LogP contribution in [0, 0.1) is 0 Å². The number of cyclic esters (lactones) is 1. The third kappa shape index (κ3) is 3.32. The number of hydrogen-bond donors (Lipinski definition) is 1. The highest BCUT2D eigenvalue weighted by Crippen LogP contribution is 2.25. The largest absolute Gasteiger partial charge is 0.501 e. The number of aliphatic hydroxyl groups is 1. The quantitative estimate of drug-likeness (QED) is 0.512. The summed E-state index contributed by atoms with van der Waals surface area (Å²) in [5.41, 5.74) is 0.193. The summed E-state index contributed by atoms with van der Waals surface area (Å²) >= 11 is 0. The smallest absolute Gasteiger partial charge is 0.384 e. The second-order valence-electron chi connectivity index (χ2n) is 4.08. The fraction of sp³-hybridized carbons (Fsp3) is 0.133. The van der Waals surface area contributed by atoms with Crippen molar-refractivity contribution in [1.82, 2.24) is 0 Å². The summed E-state index contributed by atoms with van der Waals surface area (Å²) in [7, 11) is 0. The van der Waals surface area contributed by atoms with Gasteiger partial charge in [0, 0.05) is 0 Å². The number of ether oxygens (including phenoxy) is 3. The molecule has 1 aromatic rings. The molecule has 114 valence electrons. The maximum atomic E-state index is 11.8. The van der Waals surface area contributed by atoms with E-state index in [1.807, 2.05) is 0 Å². The highest BCUT2D eigenvalue weighted by Gasteiger charge is 2.34. The number of carbonyl (C=O) groups is 3. The van der Waals surface area contributed by atoms with Gasteiger partial charge in [0.15, 0.2) is 5.76 Å². The minimum Gasteiger partial charge on any atom is -0.501 e. The fourth-order valence-electron chi connectivity index (χ4n) is 1.61. The van der Waals surface area contributed by atoms with E-state index in [1.165, 1.54) is 12.1 Å². The molecular weight excluding hydrogens is 292 g/mol. The zero-order chi connectivity index (χ0) is 16.1. The van der Waals surface area contributed by atoms with Gasteiger partial charge in [0.05, 0.1) is 18.2 Å². The summed E-state index contributed by atoms with van der Waals surface area (Å²) in [4.78, 5) is 34.7. The molecule has 0 fully saturated rings. The Balaban J connectivity index is 2.19. The predicted molar refractivity (Wildman–Crippen MR) is 72.3 cm³/mol. The van der Waals surface area contributed by atoms with Crippen LogP contribution in [-0.2, 0) is 23.8 Å². The predicted octanol–water partition coefficient (Wildman–Crippen LogP) is 1.62. The summed E-state index contributed by atoms with van der Waals surface area (Å²) < 4.78 is 14.1. The van der Waals surface area contributed by atoms with E-state index in [2.05, 4.69) is 9.47 Å². The molecule has 0 saturated heterocycles. The fourth-order valence-corrected chi connectivity index (χ4v) is 1.61. The van der Waals surface area contributed by atoms with Gasteiger partial charge in [-0.15, -0.1) is 0 Å². The average Bonchev–Trinajstić information content (AvgIpc) is 2.76. The van der Waals surface area contributed by atoms with Crippen LogP contribution in [0.15, 0.2) is 53.7 Å². The maximum Gasteiger partial charge on any atom is 0.384 e. The summed E-state index contributed by atoms with van der Waals surface area (Å²) in [6.07, 6.45) is 0.792. The van der Waals surface area contributed by atoms with Crippen LogP contribution in [-0.4, -0.2) is 29.6 Å². The number of benzene rings is 1. The second kappa shape index (κ2) is 6.57. The van der Waals surface area contributed by atoms with Crippen LogP contribution in [0.5, 0.6) is 0 Å². The SMILES string of the molecule is CCOC(=O)/C=C1/OC(=O)C(OC(=O)c2ccccc2)=C1O. The van der Waals surface area contributed by atoms with E-state index in [0.29, 0.717) is 0 Å². The van der Waals surface area contributed by atoms with Gasteiger partial charge in [-0.05, 0) is 19.1 Å². The molecule has 0 spiro atoms. The molecule has 0 unspecified atom stereocenters. The molecule has 0 saturated carbocycles. The summed E-state index contributed by atoms with van der Waals surface area (Å²) in [6.45, 7) is 1.72. The lowest BCUT2D eigenvalue weighted by Gasteiger charge is -2.02. The molecule has 1 heterocycles. The molecule has 2 rings (SSSR count). The van der Waals surface area contributed by atoms with Gasteiger partial charge in [0.25, 0.3) is 5.76 Å². The lowest BCUT2D eigenvalue weighted by Crippen LogP contribution is -2.10. The van der Waals surface area contributed by atoms with Crippen LogP contribution in [0.3, 0.4) is 0 Å². The van der Waals surface area contributed by atoms with Gasteiger partial charge in [-0.2, -0.15) is 0 Å². The molecule has 1 aliphatic rings. The van der Waals surface area contributed by atoms with Gasteiger partial charge < -0.3 is 19.3 Å². The van der Waals surface area contributed by atoms with Crippen molar-refractivity contribution in [2.24, 2.45) is 0 Å². The van der Waals surface area contributed by atoms with E-state index in [1.54, 1.807) is 25.1 Å². The zero-order valence-corrected chi connectivity index (χ0v) is 11.6. The third-order valence-electron chi connectivity index (χ3n) is 2.58. The third-order valence-corrected chi connectivity index (χ3v) is 2.58. The normalized spacial score (nSPS) is 15.7. The number of carbonyl (C=O) groups excluding carboxylic acids is 3. The van der Waals surface area contributed by atoms with Crippen molar-refractivity contribution in [2.75, 3.05) is 6.61 Å². The molecular formula is C15H12O7. The van der Waals surface area contributed by atoms with Gasteiger partial charge in [0.1, 0.15) is 0 Å². The van der Waals surface area contributed by atoms with E-state index < -0.39 is 35.2 Å². The summed E-state index contributed by atoms with van der Waals surface area (Å²) in [5, 5.41) is 9.81. The Morgan fingerprint density at radius 2 is 1.95 bits per heavy atom. The van der Waals surface area contributed by atoms with Gasteiger partial charge >= 0.3 is 17.9 Å². The van der Waals surface area contributed by atoms with Crippen LogP contribution in [0.25, 0.3) is 0 Å². The standard InChI is InChI=1S/C15H12O7/c1-2-20-11(16)8-10-12(17)13(15(19)21-10)22-14(18)9-6-4-3-5-7-9/h3-8,17H,2H2,1H3/b10-8+. The Hall–Kier alpha value is -3.09. The van der Waals surface area contributed by atoms with Crippen molar-refractivity contribution in [1.29, 1.82) is 0 Å². The summed E-state index contributed by atoms with van der Waals surface area (Å²) in [6, 6.07) is 7.90. The van der Waals surface area contributed by atoms with Crippen LogP contribution < -0.4 is 0 Å². The molecule has 1 N–H and O–H groups in total. The van der Waals surface area contributed by atoms with E-state index in [4.69, 9.17) is 4.74 Å². The van der Waals surface area contributed by atoms with Crippen molar-refractivity contribution in [2.45, 2.75) is 6.92 Å². The van der Waals surface area contributed by atoms with Crippen LogP contribution >= 0.6 is 0 Å². The number of hydrogen-bond acceptors (Lipinski definition) is 7. The number of aliphatic hydroxyl groups excluding tert-OH is 1. The highest BCUT2D eigenvalue weighted by molar-refractivity contribution is 5.99. The molecule has 7 nitrogen and oxygen atoms in total. The van der Waals surface area contributed by atoms with Gasteiger partial charge in [-0.25, -0.2) is 14.4 Å². The topological polar surface area (TPSA) is 99.1 Å². The van der Waals surface area contributed by atoms with Crippen LogP contribution in [0.2, 0.25) is 0 Å². The first-order valence-corrected chi connectivity index (χ1v) is 6.34. The maximum absolute atomic E-state index is 11.8. The Morgan fingerprint density at radius 3 is 2.59 bits per heavy atom. The molecule has 1 aromatic carbocycles. The van der Waals surface area contributed by atoms with E-state index in [-0.39, 0.29) is 12.2 Å². The molecule has 1 aliphatic heterocycles. The Morgan fingerprint density at radius 1 is 1.27 bits per heavy atom. The number of rotatable bonds is 4. The van der Waals surface area contributed by atoms with Crippen molar-refractivity contribution in [3.05, 3.63) is 59.2 Å². The van der Waals surface area contributed by atoms with Crippen LogP contribution in [0.1, 0.15) is 17.3 Å². The molecule has 22 heavy (non-hydrogen) atoms. The molecule has 0 aliphatic carbocycles. The van der Waals surface area contributed by atoms with E-state index in [9.17, 15) is 19.5 Å². The first kappa shape index (κ1) is 15.3. The Labute approximate surface area is 125 Å². The molecule has 0 atom stereocenters. The minimum absolute atomic E-state index is 0.122. The molecule has 7 heteroatoms. The first-order chi connectivity index (χ1) is 10.5. The lowest BCUT2D eigenvalue weighted by atomic mass is 10.2. The summed E-state index contributed by atoms with van der Waals surface area (Å²) in [5.74, 6) is -4.55. The van der Waals surface area contributed by atoms with Gasteiger partial charge in [-0.1, -0.05) is 18.2 Å². The average molecular weight is 304 g/mol. The zero-order valence-electron chi connectivity index (χ0n) is 11.6. The number of esters is 3. The Bertz CT molecular complexity index is 670. The molecule has 0 aromatic heterocycles. The van der Waals surface area contributed by atoms with Crippen molar-refractivity contribution >= 4 is 17.9 Å². The highest BCUT2D eigenvalue weighted by atomic mass is 16.6. The first-order valence-electron chi connectivity index (χ1n) is 6.34. The van der Waals surface area contributed by atoms with Crippen molar-refractivity contribution in [3.8, 4) is 0 Å². The second-order valence-corrected chi connectivity index (χ2v) is 4.08. The van der Waals surface area contributed by atoms with E-state index >= 15 is 0 Å². The molecule has 0 radical (unpaired) electrons. The van der Waals surface area contributed by atoms with Gasteiger partial charge in [-0.3, -0.25) is 0 Å². The van der Waals surface area contributed by atoms with Crippen molar-refractivity contribution in [3.63, 3.8) is 0 Å². The van der Waals surface area contributed by atoms with Crippen LogP contribution in [0.4, 0.5) is 0 Å². The minimum atomic E-state index is -1.07. The Kier molecular flexibility index (Phi) is 4.57.